The first-order chi connectivity index (χ1) is 10.3. The summed E-state index contributed by atoms with van der Waals surface area (Å²) in [4.78, 5) is 22.5. The molecule has 0 bridgehead atoms. The van der Waals surface area contributed by atoms with E-state index in [0.29, 0.717) is 25.0 Å². The van der Waals surface area contributed by atoms with Gasteiger partial charge in [-0.2, -0.15) is 0 Å². The predicted molar refractivity (Wildman–Crippen MR) is 78.7 cm³/mol. The molecule has 2 saturated heterocycles. The van der Waals surface area contributed by atoms with Crippen LogP contribution in [0.5, 0.6) is 0 Å². The van der Waals surface area contributed by atoms with Gasteiger partial charge in [0, 0.05) is 31.6 Å². The molecule has 6 heteroatoms. The normalized spacial score (nSPS) is 32.5. The summed E-state index contributed by atoms with van der Waals surface area (Å²) in [7, 11) is 0. The molecule has 2 fully saturated rings. The average Bonchev–Trinajstić information content (AvgIpc) is 3.13. The Morgan fingerprint density at radius 2 is 2.29 bits per heavy atom. The second kappa shape index (κ2) is 5.42. The topological polar surface area (TPSA) is 73.0 Å². The summed E-state index contributed by atoms with van der Waals surface area (Å²) in [6, 6.07) is 0.755. The Hall–Kier alpha value is -1.40. The Balaban J connectivity index is 1.38. The summed E-state index contributed by atoms with van der Waals surface area (Å²) in [6.45, 7) is 3.04. The van der Waals surface area contributed by atoms with Gasteiger partial charge in [0.25, 0.3) is 0 Å². The lowest BCUT2D eigenvalue weighted by Crippen LogP contribution is -2.53. The van der Waals surface area contributed by atoms with Crippen molar-refractivity contribution in [3.63, 3.8) is 0 Å². The molecule has 0 aliphatic carbocycles. The van der Waals surface area contributed by atoms with E-state index in [1.807, 2.05) is 0 Å². The van der Waals surface area contributed by atoms with Crippen molar-refractivity contribution in [2.45, 2.75) is 56.8 Å². The van der Waals surface area contributed by atoms with E-state index in [0.717, 1.165) is 24.4 Å². The molecule has 6 nitrogen and oxygen atoms in total. The molecule has 3 atom stereocenters. The van der Waals surface area contributed by atoms with Crippen LogP contribution >= 0.6 is 0 Å². The van der Waals surface area contributed by atoms with E-state index in [4.69, 9.17) is 0 Å². The fourth-order valence-electron chi connectivity index (χ4n) is 4.05. The van der Waals surface area contributed by atoms with E-state index in [1.165, 1.54) is 25.8 Å². The molecule has 0 radical (unpaired) electrons. The molecule has 1 amide bonds. The van der Waals surface area contributed by atoms with Crippen LogP contribution in [-0.4, -0.2) is 52.0 Å². The standard InChI is InChI=1S/C15H23N5O/c21-15(12-7-11-13(8-16-12)18-9-17-11)19-10-4-6-20-5-2-1-3-14(10)20/h9-10,12,14,16H,1-8H2,(H,17,18)(H,19,21). The first-order valence-corrected chi connectivity index (χ1v) is 8.10. The summed E-state index contributed by atoms with van der Waals surface area (Å²) < 4.78 is 0. The minimum atomic E-state index is -0.140. The zero-order valence-corrected chi connectivity index (χ0v) is 12.3. The number of amides is 1. The van der Waals surface area contributed by atoms with Gasteiger partial charge in [-0.15, -0.1) is 0 Å². The number of hydrogen-bond donors (Lipinski definition) is 3. The summed E-state index contributed by atoms with van der Waals surface area (Å²) >= 11 is 0. The summed E-state index contributed by atoms with van der Waals surface area (Å²) in [5, 5.41) is 6.60. The summed E-state index contributed by atoms with van der Waals surface area (Å²) in [5.41, 5.74) is 2.14. The highest BCUT2D eigenvalue weighted by Gasteiger charge is 2.37. The molecule has 3 unspecified atom stereocenters. The molecular weight excluding hydrogens is 266 g/mol. The molecule has 21 heavy (non-hydrogen) atoms. The third kappa shape index (κ3) is 2.46. The number of carbonyl (C=O) groups excluding carboxylic acids is 1. The average molecular weight is 289 g/mol. The van der Waals surface area contributed by atoms with Crippen molar-refractivity contribution in [3.8, 4) is 0 Å². The van der Waals surface area contributed by atoms with Crippen molar-refractivity contribution in [1.29, 1.82) is 0 Å². The van der Waals surface area contributed by atoms with Crippen molar-refractivity contribution in [2.24, 2.45) is 0 Å². The Morgan fingerprint density at radius 1 is 1.33 bits per heavy atom. The first kappa shape index (κ1) is 13.3. The van der Waals surface area contributed by atoms with Crippen LogP contribution in [0, 0.1) is 0 Å². The predicted octanol–water partition coefficient (Wildman–Crippen LogP) is 0.167. The van der Waals surface area contributed by atoms with Crippen LogP contribution in [0.3, 0.4) is 0 Å². The van der Waals surface area contributed by atoms with Gasteiger partial charge in [-0.1, -0.05) is 6.42 Å². The van der Waals surface area contributed by atoms with Crippen LogP contribution in [0.2, 0.25) is 0 Å². The molecule has 0 saturated carbocycles. The van der Waals surface area contributed by atoms with Gasteiger partial charge in [0.15, 0.2) is 0 Å². The van der Waals surface area contributed by atoms with E-state index in [1.54, 1.807) is 6.33 Å². The SMILES string of the molecule is O=C(NC1CCN2CCCCC12)C1Cc2nc[nH]c2CN1. The van der Waals surface area contributed by atoms with Crippen LogP contribution < -0.4 is 10.6 Å². The van der Waals surface area contributed by atoms with E-state index in [2.05, 4.69) is 25.5 Å². The lowest BCUT2D eigenvalue weighted by Gasteiger charge is -2.33. The maximum absolute atomic E-state index is 12.5. The van der Waals surface area contributed by atoms with Gasteiger partial charge in [-0.05, 0) is 25.8 Å². The Labute approximate surface area is 124 Å². The molecule has 3 aliphatic heterocycles. The molecule has 0 spiro atoms. The quantitative estimate of drug-likeness (QED) is 0.725. The second-order valence-electron chi connectivity index (χ2n) is 6.47. The number of H-pyrrole nitrogens is 1. The molecule has 3 N–H and O–H groups in total. The lowest BCUT2D eigenvalue weighted by molar-refractivity contribution is -0.124. The molecule has 1 aromatic rings. The van der Waals surface area contributed by atoms with Gasteiger partial charge in [-0.25, -0.2) is 4.98 Å². The third-order valence-electron chi connectivity index (χ3n) is 5.23. The zero-order valence-electron chi connectivity index (χ0n) is 12.3. The van der Waals surface area contributed by atoms with Crippen LogP contribution in [0.1, 0.15) is 37.1 Å². The monoisotopic (exact) mass is 289 g/mol. The maximum atomic E-state index is 12.5. The van der Waals surface area contributed by atoms with Crippen LogP contribution in [0.25, 0.3) is 0 Å². The van der Waals surface area contributed by atoms with E-state index in [-0.39, 0.29) is 11.9 Å². The van der Waals surface area contributed by atoms with Crippen molar-refractivity contribution < 1.29 is 4.79 Å². The fraction of sp³-hybridized carbons (Fsp3) is 0.733. The van der Waals surface area contributed by atoms with E-state index in [9.17, 15) is 4.79 Å². The summed E-state index contributed by atoms with van der Waals surface area (Å²) in [6.07, 6.45) is 7.33. The number of piperidine rings is 1. The van der Waals surface area contributed by atoms with Gasteiger partial charge in [0.05, 0.1) is 23.8 Å². The molecule has 1 aromatic heterocycles. The lowest BCUT2D eigenvalue weighted by atomic mass is 9.98. The highest BCUT2D eigenvalue weighted by molar-refractivity contribution is 5.82. The number of carbonyl (C=O) groups is 1. The first-order valence-electron chi connectivity index (χ1n) is 8.10. The highest BCUT2D eigenvalue weighted by Crippen LogP contribution is 2.27. The van der Waals surface area contributed by atoms with Crippen molar-refractivity contribution in [3.05, 3.63) is 17.7 Å². The molecule has 114 valence electrons. The smallest absolute Gasteiger partial charge is 0.237 e. The molecular formula is C15H23N5O. The maximum Gasteiger partial charge on any atom is 0.237 e. The van der Waals surface area contributed by atoms with Crippen molar-refractivity contribution in [2.75, 3.05) is 13.1 Å². The van der Waals surface area contributed by atoms with Gasteiger partial charge < -0.3 is 10.3 Å². The molecule has 4 rings (SSSR count). The van der Waals surface area contributed by atoms with Gasteiger partial charge in [0.2, 0.25) is 5.91 Å². The Kier molecular flexibility index (Phi) is 3.43. The summed E-state index contributed by atoms with van der Waals surface area (Å²) in [5.74, 6) is 0.140. The molecule has 3 aliphatic rings. The Bertz CT molecular complexity index is 528. The number of aromatic nitrogens is 2. The largest absolute Gasteiger partial charge is 0.350 e. The number of imidazole rings is 1. The third-order valence-corrected chi connectivity index (χ3v) is 5.23. The van der Waals surface area contributed by atoms with Crippen LogP contribution in [-0.2, 0) is 17.8 Å². The number of aromatic amines is 1. The van der Waals surface area contributed by atoms with E-state index < -0.39 is 0 Å². The minimum absolute atomic E-state index is 0.140. The molecule has 4 heterocycles. The zero-order chi connectivity index (χ0) is 14.2. The van der Waals surface area contributed by atoms with E-state index >= 15 is 0 Å². The van der Waals surface area contributed by atoms with Crippen molar-refractivity contribution >= 4 is 5.91 Å². The highest BCUT2D eigenvalue weighted by atomic mass is 16.2. The van der Waals surface area contributed by atoms with Crippen LogP contribution in [0.4, 0.5) is 0 Å². The number of hydrogen-bond acceptors (Lipinski definition) is 4. The molecule has 0 aromatic carbocycles. The second-order valence-corrected chi connectivity index (χ2v) is 6.47. The number of rotatable bonds is 2. The number of nitrogens with zero attached hydrogens (tertiary/aromatic N) is 2. The Morgan fingerprint density at radius 3 is 3.24 bits per heavy atom. The van der Waals surface area contributed by atoms with Gasteiger partial charge >= 0.3 is 0 Å². The number of nitrogens with one attached hydrogen (secondary N) is 3. The van der Waals surface area contributed by atoms with Crippen LogP contribution in [0.15, 0.2) is 6.33 Å². The van der Waals surface area contributed by atoms with Gasteiger partial charge in [0.1, 0.15) is 0 Å². The van der Waals surface area contributed by atoms with Crippen molar-refractivity contribution in [1.82, 2.24) is 25.5 Å². The fourth-order valence-corrected chi connectivity index (χ4v) is 4.05. The number of fused-ring (bicyclic) bond motifs is 2. The minimum Gasteiger partial charge on any atom is -0.350 e. The van der Waals surface area contributed by atoms with Gasteiger partial charge in [-0.3, -0.25) is 15.0 Å².